The number of rotatable bonds is 7. The highest BCUT2D eigenvalue weighted by molar-refractivity contribution is 7.92. The lowest BCUT2D eigenvalue weighted by Gasteiger charge is -2.13. The third-order valence-electron chi connectivity index (χ3n) is 4.80. The van der Waals surface area contributed by atoms with E-state index >= 15 is 0 Å². The van der Waals surface area contributed by atoms with E-state index in [-0.39, 0.29) is 33.0 Å². The average Bonchev–Trinajstić information content (AvgIpc) is 2.83. The molecule has 0 heterocycles. The van der Waals surface area contributed by atoms with E-state index in [9.17, 15) is 22.8 Å². The molecule has 2 N–H and O–H groups in total. The molecule has 0 fully saturated rings. The second-order valence-electron chi connectivity index (χ2n) is 7.20. The number of methoxy groups -OCH3 is 2. The van der Waals surface area contributed by atoms with Gasteiger partial charge in [-0.1, -0.05) is 23.8 Å². The van der Waals surface area contributed by atoms with E-state index in [0.717, 1.165) is 5.56 Å². The van der Waals surface area contributed by atoms with Crippen LogP contribution in [0.15, 0.2) is 71.6 Å². The summed E-state index contributed by atoms with van der Waals surface area (Å²) in [6.07, 6.45) is 0. The van der Waals surface area contributed by atoms with Crippen LogP contribution in [-0.4, -0.2) is 40.5 Å². The number of nitrogens with one attached hydrogen (secondary N) is 2. The standard InChI is InChI=1S/C24H22N2O7S/c1-15-7-10-19(11-8-15)34(30,31)26-18-6-4-5-16(13-18)22(27)25-21-14-17(23(28)32-2)9-12-20(21)24(29)33-3/h4-14,26H,1-3H3,(H,25,27). The molecule has 0 saturated carbocycles. The zero-order valence-electron chi connectivity index (χ0n) is 18.6. The van der Waals surface area contributed by atoms with Crippen molar-refractivity contribution in [1.29, 1.82) is 0 Å². The Kier molecular flexibility index (Phi) is 7.32. The van der Waals surface area contributed by atoms with Crippen LogP contribution in [0.5, 0.6) is 0 Å². The fourth-order valence-electron chi connectivity index (χ4n) is 3.03. The summed E-state index contributed by atoms with van der Waals surface area (Å²) >= 11 is 0. The summed E-state index contributed by atoms with van der Waals surface area (Å²) in [5.74, 6) is -2.01. The molecule has 9 nitrogen and oxygen atoms in total. The summed E-state index contributed by atoms with van der Waals surface area (Å²) in [5.41, 5.74) is 1.38. The van der Waals surface area contributed by atoms with Gasteiger partial charge in [-0.05, 0) is 55.5 Å². The fourth-order valence-corrected chi connectivity index (χ4v) is 4.08. The van der Waals surface area contributed by atoms with Gasteiger partial charge in [-0.3, -0.25) is 9.52 Å². The van der Waals surface area contributed by atoms with Gasteiger partial charge in [0.2, 0.25) is 0 Å². The number of sulfonamides is 1. The van der Waals surface area contributed by atoms with E-state index in [2.05, 4.69) is 14.8 Å². The van der Waals surface area contributed by atoms with Crippen LogP contribution >= 0.6 is 0 Å². The van der Waals surface area contributed by atoms with Crippen molar-refractivity contribution < 1.29 is 32.3 Å². The first-order valence-electron chi connectivity index (χ1n) is 9.96. The van der Waals surface area contributed by atoms with Crippen molar-refractivity contribution in [1.82, 2.24) is 0 Å². The number of hydrogen-bond donors (Lipinski definition) is 2. The van der Waals surface area contributed by atoms with Crippen LogP contribution < -0.4 is 10.0 Å². The number of esters is 2. The molecule has 0 radical (unpaired) electrons. The minimum absolute atomic E-state index is 0.0275. The van der Waals surface area contributed by atoms with Gasteiger partial charge in [0.05, 0.1) is 35.9 Å². The molecule has 0 aliphatic rings. The first-order chi connectivity index (χ1) is 16.1. The molecule has 0 spiro atoms. The Morgan fingerprint density at radius 3 is 2.12 bits per heavy atom. The zero-order valence-corrected chi connectivity index (χ0v) is 19.4. The molecule has 3 aromatic rings. The van der Waals surface area contributed by atoms with Crippen molar-refractivity contribution in [3.8, 4) is 0 Å². The van der Waals surface area contributed by atoms with Crippen molar-refractivity contribution in [2.45, 2.75) is 11.8 Å². The van der Waals surface area contributed by atoms with Gasteiger partial charge in [-0.2, -0.15) is 0 Å². The van der Waals surface area contributed by atoms with E-state index in [4.69, 9.17) is 4.74 Å². The van der Waals surface area contributed by atoms with Gasteiger partial charge in [0.15, 0.2) is 0 Å². The summed E-state index contributed by atoms with van der Waals surface area (Å²) in [4.78, 5) is 36.9. The molecule has 3 aromatic carbocycles. The Balaban J connectivity index is 1.87. The Labute approximate surface area is 196 Å². The highest BCUT2D eigenvalue weighted by atomic mass is 32.2. The number of hydrogen-bond acceptors (Lipinski definition) is 7. The highest BCUT2D eigenvalue weighted by Crippen LogP contribution is 2.22. The van der Waals surface area contributed by atoms with Crippen molar-refractivity contribution in [3.05, 3.63) is 89.0 Å². The molecular weight excluding hydrogens is 460 g/mol. The summed E-state index contributed by atoms with van der Waals surface area (Å²) in [6.45, 7) is 1.85. The molecule has 1 amide bonds. The van der Waals surface area contributed by atoms with Crippen LogP contribution in [0, 0.1) is 6.92 Å². The van der Waals surface area contributed by atoms with E-state index in [0.29, 0.717) is 0 Å². The lowest BCUT2D eigenvalue weighted by atomic mass is 10.1. The molecule has 176 valence electrons. The second kappa shape index (κ2) is 10.2. The number of anilines is 2. The SMILES string of the molecule is COC(=O)c1ccc(C(=O)OC)c(NC(=O)c2cccc(NS(=O)(=O)c3ccc(C)cc3)c2)c1. The number of amides is 1. The molecule has 10 heteroatoms. The van der Waals surface area contributed by atoms with Crippen molar-refractivity contribution in [3.63, 3.8) is 0 Å². The first-order valence-corrected chi connectivity index (χ1v) is 11.4. The van der Waals surface area contributed by atoms with Gasteiger partial charge in [0.1, 0.15) is 0 Å². The largest absolute Gasteiger partial charge is 0.465 e. The van der Waals surface area contributed by atoms with Crippen LogP contribution in [0.25, 0.3) is 0 Å². The Morgan fingerprint density at radius 1 is 0.794 bits per heavy atom. The zero-order chi connectivity index (χ0) is 24.9. The van der Waals surface area contributed by atoms with Gasteiger partial charge in [0.25, 0.3) is 15.9 Å². The number of carbonyl (C=O) groups is 3. The molecular formula is C24H22N2O7S. The highest BCUT2D eigenvalue weighted by Gasteiger charge is 2.19. The first kappa shape index (κ1) is 24.5. The maximum absolute atomic E-state index is 12.9. The summed E-state index contributed by atoms with van der Waals surface area (Å²) < 4.78 is 37.2. The molecule has 34 heavy (non-hydrogen) atoms. The van der Waals surface area contributed by atoms with Crippen molar-refractivity contribution in [2.75, 3.05) is 24.3 Å². The van der Waals surface area contributed by atoms with Crippen molar-refractivity contribution in [2.24, 2.45) is 0 Å². The van der Waals surface area contributed by atoms with E-state index in [1.165, 1.54) is 68.8 Å². The molecule has 0 unspecified atom stereocenters. The third-order valence-corrected chi connectivity index (χ3v) is 6.20. The molecule has 0 aromatic heterocycles. The number of aryl methyl sites for hydroxylation is 1. The van der Waals surface area contributed by atoms with Crippen LogP contribution in [0.1, 0.15) is 36.6 Å². The lowest BCUT2D eigenvalue weighted by molar-refractivity contribution is 0.0587. The average molecular weight is 483 g/mol. The van der Waals surface area contributed by atoms with E-state index < -0.39 is 27.9 Å². The Hall–Kier alpha value is -4.18. The second-order valence-corrected chi connectivity index (χ2v) is 8.88. The number of benzene rings is 3. The maximum atomic E-state index is 12.9. The van der Waals surface area contributed by atoms with E-state index in [1.807, 2.05) is 6.92 Å². The minimum atomic E-state index is -3.87. The summed E-state index contributed by atoms with van der Waals surface area (Å²) in [5, 5.41) is 2.56. The molecule has 0 aliphatic carbocycles. The molecule has 3 rings (SSSR count). The Morgan fingerprint density at radius 2 is 1.47 bits per heavy atom. The van der Waals surface area contributed by atoms with E-state index in [1.54, 1.807) is 12.1 Å². The van der Waals surface area contributed by atoms with Gasteiger partial charge < -0.3 is 14.8 Å². The lowest BCUT2D eigenvalue weighted by Crippen LogP contribution is -2.17. The predicted molar refractivity (Wildman–Crippen MR) is 126 cm³/mol. The monoisotopic (exact) mass is 482 g/mol. The van der Waals surface area contributed by atoms with Gasteiger partial charge in [-0.15, -0.1) is 0 Å². The number of ether oxygens (including phenoxy) is 2. The van der Waals surface area contributed by atoms with Crippen LogP contribution in [0.3, 0.4) is 0 Å². The van der Waals surface area contributed by atoms with Gasteiger partial charge in [-0.25, -0.2) is 18.0 Å². The number of carbonyl (C=O) groups excluding carboxylic acids is 3. The maximum Gasteiger partial charge on any atom is 0.339 e. The minimum Gasteiger partial charge on any atom is -0.465 e. The summed E-state index contributed by atoms with van der Waals surface area (Å²) in [7, 11) is -1.47. The normalized spacial score (nSPS) is 10.8. The van der Waals surface area contributed by atoms with Crippen molar-refractivity contribution >= 4 is 39.2 Å². The fraction of sp³-hybridized carbons (Fsp3) is 0.125. The predicted octanol–water partition coefficient (Wildman–Crippen LogP) is 3.62. The van der Waals surface area contributed by atoms with Crippen LogP contribution in [-0.2, 0) is 19.5 Å². The van der Waals surface area contributed by atoms with Crippen LogP contribution in [0.4, 0.5) is 11.4 Å². The van der Waals surface area contributed by atoms with Crippen LogP contribution in [0.2, 0.25) is 0 Å². The summed E-state index contributed by atoms with van der Waals surface area (Å²) in [6, 6.07) is 16.2. The van der Waals surface area contributed by atoms with Gasteiger partial charge in [0, 0.05) is 11.3 Å². The molecule has 0 atom stereocenters. The van der Waals surface area contributed by atoms with Gasteiger partial charge >= 0.3 is 11.9 Å². The molecule has 0 saturated heterocycles. The molecule has 0 aliphatic heterocycles. The smallest absolute Gasteiger partial charge is 0.339 e. The quantitative estimate of drug-likeness (QED) is 0.492. The molecule has 0 bridgehead atoms. The Bertz CT molecular complexity index is 1350. The topological polar surface area (TPSA) is 128 Å². The third kappa shape index (κ3) is 5.59.